The Kier molecular flexibility index (Phi) is 5.41. The first-order chi connectivity index (χ1) is 12.9. The van der Waals surface area contributed by atoms with Gasteiger partial charge in [-0.1, -0.05) is 17.7 Å². The summed E-state index contributed by atoms with van der Waals surface area (Å²) in [6.07, 6.45) is 1.58. The molecule has 3 aromatic rings. The molecule has 138 valence electrons. The second-order valence-corrected chi connectivity index (χ2v) is 6.77. The Bertz CT molecular complexity index is 932. The molecule has 0 unspecified atom stereocenters. The first-order valence-electron chi connectivity index (χ1n) is 8.81. The van der Waals surface area contributed by atoms with E-state index < -0.39 is 0 Å². The average Bonchev–Trinajstić information content (AvgIpc) is 2.65. The lowest BCUT2D eigenvalue weighted by Gasteiger charge is -2.13. The number of hydrogen-bond acceptors (Lipinski definition) is 4. The highest BCUT2D eigenvalue weighted by Gasteiger charge is 2.08. The summed E-state index contributed by atoms with van der Waals surface area (Å²) in [7, 11) is 3.96. The van der Waals surface area contributed by atoms with Gasteiger partial charge >= 0.3 is 0 Å². The van der Waals surface area contributed by atoms with E-state index in [0.717, 1.165) is 22.6 Å². The normalized spacial score (nSPS) is 10.4. The number of anilines is 4. The van der Waals surface area contributed by atoms with Crippen molar-refractivity contribution < 1.29 is 4.79 Å². The lowest BCUT2D eigenvalue weighted by atomic mass is 10.1. The van der Waals surface area contributed by atoms with Crippen molar-refractivity contribution in [1.82, 2.24) is 4.98 Å². The molecule has 1 heterocycles. The van der Waals surface area contributed by atoms with E-state index in [0.29, 0.717) is 11.4 Å². The van der Waals surface area contributed by atoms with Crippen molar-refractivity contribution in [3.8, 4) is 0 Å². The minimum Gasteiger partial charge on any atom is -0.378 e. The summed E-state index contributed by atoms with van der Waals surface area (Å²) in [4.78, 5) is 18.8. The monoisotopic (exact) mass is 360 g/mol. The van der Waals surface area contributed by atoms with E-state index in [1.807, 2.05) is 55.4 Å². The average molecular weight is 360 g/mol. The molecule has 5 nitrogen and oxygen atoms in total. The fraction of sp³-hybridized carbons (Fsp3) is 0.182. The van der Waals surface area contributed by atoms with E-state index in [1.54, 1.807) is 12.3 Å². The number of carbonyl (C=O) groups is 1. The molecule has 0 fully saturated rings. The molecule has 0 aliphatic carbocycles. The SMILES string of the molecule is Cc1ccc(Nc2ccc(C(=O)Nc3ccc(N(C)C)cc3)cn2)c(C)c1. The standard InChI is InChI=1S/C22H24N4O/c1-15-5-11-20(16(2)13-15)25-21-12-6-17(14-23-21)22(27)24-18-7-9-19(10-8-18)26(3)4/h5-14H,1-4H3,(H,23,25)(H,24,27). The number of benzene rings is 2. The molecule has 27 heavy (non-hydrogen) atoms. The van der Waals surface area contributed by atoms with Crippen LogP contribution in [0, 0.1) is 13.8 Å². The molecule has 0 atom stereocenters. The number of nitrogens with zero attached hydrogens (tertiary/aromatic N) is 2. The Balaban J connectivity index is 1.66. The van der Waals surface area contributed by atoms with Crippen LogP contribution in [0.3, 0.4) is 0 Å². The molecule has 0 saturated carbocycles. The summed E-state index contributed by atoms with van der Waals surface area (Å²) in [6, 6.07) is 17.5. The van der Waals surface area contributed by atoms with Gasteiger partial charge in [-0.25, -0.2) is 4.98 Å². The van der Waals surface area contributed by atoms with Crippen LogP contribution < -0.4 is 15.5 Å². The topological polar surface area (TPSA) is 57.3 Å². The first kappa shape index (κ1) is 18.5. The molecule has 3 rings (SSSR count). The quantitative estimate of drug-likeness (QED) is 0.689. The third-order valence-corrected chi connectivity index (χ3v) is 4.31. The van der Waals surface area contributed by atoms with Crippen molar-refractivity contribution in [2.75, 3.05) is 29.6 Å². The number of rotatable bonds is 5. The highest BCUT2D eigenvalue weighted by Crippen LogP contribution is 2.21. The van der Waals surface area contributed by atoms with Gasteiger partial charge in [-0.05, 0) is 61.9 Å². The van der Waals surface area contributed by atoms with Crippen LogP contribution >= 0.6 is 0 Å². The zero-order chi connectivity index (χ0) is 19.4. The summed E-state index contributed by atoms with van der Waals surface area (Å²) in [5, 5.41) is 6.18. The molecular formula is C22H24N4O. The second kappa shape index (κ2) is 7.91. The van der Waals surface area contributed by atoms with Gasteiger partial charge in [0.05, 0.1) is 5.56 Å². The molecule has 2 aromatic carbocycles. The van der Waals surface area contributed by atoms with Crippen LogP contribution in [0.25, 0.3) is 0 Å². The lowest BCUT2D eigenvalue weighted by Crippen LogP contribution is -2.13. The summed E-state index contributed by atoms with van der Waals surface area (Å²) < 4.78 is 0. The van der Waals surface area contributed by atoms with Gasteiger partial charge in [0, 0.05) is 37.4 Å². The zero-order valence-electron chi connectivity index (χ0n) is 16.1. The van der Waals surface area contributed by atoms with E-state index in [4.69, 9.17) is 0 Å². The van der Waals surface area contributed by atoms with Crippen LogP contribution in [0.1, 0.15) is 21.5 Å². The molecule has 0 radical (unpaired) electrons. The molecule has 0 aliphatic heterocycles. The molecule has 2 N–H and O–H groups in total. The van der Waals surface area contributed by atoms with Gasteiger partial charge in [0.15, 0.2) is 0 Å². The second-order valence-electron chi connectivity index (χ2n) is 6.77. The van der Waals surface area contributed by atoms with Crippen molar-refractivity contribution in [2.24, 2.45) is 0 Å². The Labute approximate surface area is 160 Å². The largest absolute Gasteiger partial charge is 0.378 e. The van der Waals surface area contributed by atoms with Crippen molar-refractivity contribution in [3.63, 3.8) is 0 Å². The van der Waals surface area contributed by atoms with Crippen LogP contribution in [0.5, 0.6) is 0 Å². The van der Waals surface area contributed by atoms with Crippen LogP contribution in [0.2, 0.25) is 0 Å². The number of hydrogen-bond donors (Lipinski definition) is 2. The van der Waals surface area contributed by atoms with E-state index in [9.17, 15) is 4.79 Å². The Morgan fingerprint density at radius 1 is 0.963 bits per heavy atom. The number of amides is 1. The highest BCUT2D eigenvalue weighted by molar-refractivity contribution is 6.04. The highest BCUT2D eigenvalue weighted by atomic mass is 16.1. The van der Waals surface area contributed by atoms with Crippen LogP contribution in [0.15, 0.2) is 60.8 Å². The summed E-state index contributed by atoms with van der Waals surface area (Å²) in [6.45, 7) is 4.12. The van der Waals surface area contributed by atoms with E-state index in [1.165, 1.54) is 5.56 Å². The first-order valence-corrected chi connectivity index (χ1v) is 8.81. The Morgan fingerprint density at radius 2 is 1.70 bits per heavy atom. The number of pyridine rings is 1. The minimum atomic E-state index is -0.182. The van der Waals surface area contributed by atoms with Crippen molar-refractivity contribution >= 4 is 28.8 Å². The maximum absolute atomic E-state index is 12.4. The minimum absolute atomic E-state index is 0.182. The smallest absolute Gasteiger partial charge is 0.257 e. The summed E-state index contributed by atoms with van der Waals surface area (Å²) in [5.41, 5.74) is 5.72. The van der Waals surface area contributed by atoms with E-state index in [-0.39, 0.29) is 5.91 Å². The van der Waals surface area contributed by atoms with E-state index >= 15 is 0 Å². The zero-order valence-corrected chi connectivity index (χ0v) is 16.1. The number of nitrogens with one attached hydrogen (secondary N) is 2. The van der Waals surface area contributed by atoms with Gasteiger partial charge in [0.2, 0.25) is 0 Å². The van der Waals surface area contributed by atoms with Gasteiger partial charge in [0.25, 0.3) is 5.91 Å². The molecule has 0 bridgehead atoms. The van der Waals surface area contributed by atoms with Crippen molar-refractivity contribution in [1.29, 1.82) is 0 Å². The maximum Gasteiger partial charge on any atom is 0.257 e. The van der Waals surface area contributed by atoms with Gasteiger partial charge in [-0.2, -0.15) is 0 Å². The molecule has 1 aromatic heterocycles. The third-order valence-electron chi connectivity index (χ3n) is 4.31. The fourth-order valence-corrected chi connectivity index (χ4v) is 2.74. The van der Waals surface area contributed by atoms with Gasteiger partial charge in [0.1, 0.15) is 5.82 Å². The number of aryl methyl sites for hydroxylation is 2. The molecule has 0 spiro atoms. The molecule has 0 aliphatic rings. The predicted molar refractivity (Wildman–Crippen MR) is 112 cm³/mol. The van der Waals surface area contributed by atoms with Crippen molar-refractivity contribution in [3.05, 3.63) is 77.5 Å². The number of carbonyl (C=O) groups excluding carboxylic acids is 1. The third kappa shape index (κ3) is 4.64. The Morgan fingerprint density at radius 3 is 2.30 bits per heavy atom. The summed E-state index contributed by atoms with van der Waals surface area (Å²) >= 11 is 0. The van der Waals surface area contributed by atoms with E-state index in [2.05, 4.69) is 41.6 Å². The maximum atomic E-state index is 12.4. The molecule has 1 amide bonds. The van der Waals surface area contributed by atoms with Crippen LogP contribution in [-0.2, 0) is 0 Å². The van der Waals surface area contributed by atoms with Gasteiger partial charge in [-0.3, -0.25) is 4.79 Å². The van der Waals surface area contributed by atoms with Crippen LogP contribution in [-0.4, -0.2) is 25.0 Å². The lowest BCUT2D eigenvalue weighted by molar-refractivity contribution is 0.102. The Hall–Kier alpha value is -3.34. The predicted octanol–water partition coefficient (Wildman–Crippen LogP) is 4.76. The summed E-state index contributed by atoms with van der Waals surface area (Å²) in [5.74, 6) is 0.520. The molecule has 5 heteroatoms. The van der Waals surface area contributed by atoms with Crippen molar-refractivity contribution in [2.45, 2.75) is 13.8 Å². The molecular weight excluding hydrogens is 336 g/mol. The van der Waals surface area contributed by atoms with Gasteiger partial charge < -0.3 is 15.5 Å². The van der Waals surface area contributed by atoms with Crippen LogP contribution in [0.4, 0.5) is 22.9 Å². The number of aromatic nitrogens is 1. The van der Waals surface area contributed by atoms with Gasteiger partial charge in [-0.15, -0.1) is 0 Å². The molecule has 0 saturated heterocycles. The fourth-order valence-electron chi connectivity index (χ4n) is 2.74.